The van der Waals surface area contributed by atoms with Gasteiger partial charge in [0, 0.05) is 22.8 Å². The monoisotopic (exact) mass is 292 g/mol. The van der Waals surface area contributed by atoms with Crippen LogP contribution >= 0.6 is 11.8 Å². The maximum Gasteiger partial charge on any atom is 0.356 e. The summed E-state index contributed by atoms with van der Waals surface area (Å²) in [7, 11) is 1.65. The summed E-state index contributed by atoms with van der Waals surface area (Å²) in [6, 6.07) is 6.44. The van der Waals surface area contributed by atoms with Crippen molar-refractivity contribution >= 4 is 17.7 Å². The van der Waals surface area contributed by atoms with Gasteiger partial charge in [-0.2, -0.15) is 5.10 Å². The highest BCUT2D eigenvalue weighted by atomic mass is 32.2. The maximum atomic E-state index is 14.1. The van der Waals surface area contributed by atoms with Crippen molar-refractivity contribution in [2.24, 2.45) is 7.05 Å². The molecular formula is C14H13FN2O2S. The van der Waals surface area contributed by atoms with Gasteiger partial charge in [0.1, 0.15) is 5.82 Å². The number of carboxylic acids is 1. The summed E-state index contributed by atoms with van der Waals surface area (Å²) in [5.74, 6) is -1.36. The maximum absolute atomic E-state index is 14.1. The van der Waals surface area contributed by atoms with Gasteiger partial charge in [0.15, 0.2) is 5.69 Å². The lowest BCUT2D eigenvalue weighted by atomic mass is 10.1. The number of aromatic nitrogens is 2. The van der Waals surface area contributed by atoms with E-state index in [-0.39, 0.29) is 11.5 Å². The van der Waals surface area contributed by atoms with Crippen LogP contribution in [0.3, 0.4) is 0 Å². The fourth-order valence-corrected chi connectivity index (χ4v) is 3.01. The van der Waals surface area contributed by atoms with E-state index in [1.54, 1.807) is 30.9 Å². The summed E-state index contributed by atoms with van der Waals surface area (Å²) < 4.78 is 15.5. The van der Waals surface area contributed by atoms with Crippen LogP contribution in [0.5, 0.6) is 0 Å². The second kappa shape index (κ2) is 4.94. The van der Waals surface area contributed by atoms with Crippen molar-refractivity contribution in [1.82, 2.24) is 9.78 Å². The molecule has 3 rings (SSSR count). The summed E-state index contributed by atoms with van der Waals surface area (Å²) in [6.07, 6.45) is 2.30. The van der Waals surface area contributed by atoms with Crippen LogP contribution in [0.2, 0.25) is 0 Å². The van der Waals surface area contributed by atoms with Gasteiger partial charge in [-0.25, -0.2) is 9.18 Å². The van der Waals surface area contributed by atoms with Gasteiger partial charge in [0.25, 0.3) is 0 Å². The molecule has 1 aromatic carbocycles. The van der Waals surface area contributed by atoms with E-state index in [1.165, 1.54) is 16.8 Å². The van der Waals surface area contributed by atoms with Crippen molar-refractivity contribution in [3.8, 4) is 11.3 Å². The molecule has 1 aromatic heterocycles. The van der Waals surface area contributed by atoms with Gasteiger partial charge in [-0.15, -0.1) is 11.8 Å². The van der Waals surface area contributed by atoms with E-state index >= 15 is 0 Å². The molecule has 4 nitrogen and oxygen atoms in total. The predicted octanol–water partition coefficient (Wildman–Crippen LogP) is 3.18. The topological polar surface area (TPSA) is 55.1 Å². The SMILES string of the molecule is Cn1nc(C(=O)O)cc1-c1ccc(SC2CC2)c(F)c1. The van der Waals surface area contributed by atoms with Crippen LogP contribution in [0.4, 0.5) is 4.39 Å². The fourth-order valence-electron chi connectivity index (χ4n) is 1.96. The molecule has 1 fully saturated rings. The summed E-state index contributed by atoms with van der Waals surface area (Å²) in [5, 5.41) is 13.4. The largest absolute Gasteiger partial charge is 0.476 e. The molecule has 1 saturated carbocycles. The minimum Gasteiger partial charge on any atom is -0.476 e. The van der Waals surface area contributed by atoms with E-state index in [9.17, 15) is 9.18 Å². The summed E-state index contributed by atoms with van der Waals surface area (Å²) >= 11 is 1.56. The number of aromatic carboxylic acids is 1. The third kappa shape index (κ3) is 2.56. The van der Waals surface area contributed by atoms with E-state index in [0.29, 0.717) is 21.4 Å². The van der Waals surface area contributed by atoms with Gasteiger partial charge in [0.05, 0.1) is 5.69 Å². The van der Waals surface area contributed by atoms with Crippen molar-refractivity contribution in [3.05, 3.63) is 35.8 Å². The standard InChI is InChI=1S/C14H13FN2O2S/c1-17-12(7-11(16-17)14(18)19)8-2-5-13(10(15)6-8)20-9-3-4-9/h2,5-7,9H,3-4H2,1H3,(H,18,19). The first-order valence-electron chi connectivity index (χ1n) is 6.28. The highest BCUT2D eigenvalue weighted by Gasteiger charge is 2.24. The van der Waals surface area contributed by atoms with Gasteiger partial charge in [-0.3, -0.25) is 4.68 Å². The first kappa shape index (κ1) is 13.2. The first-order valence-corrected chi connectivity index (χ1v) is 7.16. The van der Waals surface area contributed by atoms with Gasteiger partial charge in [0.2, 0.25) is 0 Å². The third-order valence-electron chi connectivity index (χ3n) is 3.14. The van der Waals surface area contributed by atoms with Crippen LogP contribution in [0.1, 0.15) is 23.3 Å². The number of carboxylic acid groups (broad SMARTS) is 1. The van der Waals surface area contributed by atoms with Crippen LogP contribution < -0.4 is 0 Å². The average Bonchev–Trinajstić information content (AvgIpc) is 3.12. The van der Waals surface area contributed by atoms with Crippen LogP contribution in [-0.4, -0.2) is 26.1 Å². The molecule has 0 aliphatic heterocycles. The van der Waals surface area contributed by atoms with E-state index < -0.39 is 5.97 Å². The summed E-state index contributed by atoms with van der Waals surface area (Å²) in [4.78, 5) is 11.5. The second-order valence-corrected chi connectivity index (χ2v) is 6.15. The first-order chi connectivity index (χ1) is 9.54. The van der Waals surface area contributed by atoms with E-state index in [4.69, 9.17) is 5.11 Å². The van der Waals surface area contributed by atoms with Gasteiger partial charge in [-0.1, -0.05) is 6.07 Å². The van der Waals surface area contributed by atoms with Crippen molar-refractivity contribution in [2.75, 3.05) is 0 Å². The number of carbonyl (C=O) groups is 1. The molecular weight excluding hydrogens is 279 g/mol. The Hall–Kier alpha value is -1.82. The molecule has 0 spiro atoms. The summed E-state index contributed by atoms with van der Waals surface area (Å²) in [5.41, 5.74) is 1.17. The number of hydrogen-bond acceptors (Lipinski definition) is 3. The number of hydrogen-bond donors (Lipinski definition) is 1. The fraction of sp³-hybridized carbons (Fsp3) is 0.286. The van der Waals surface area contributed by atoms with Crippen LogP contribution in [0.15, 0.2) is 29.2 Å². The lowest BCUT2D eigenvalue weighted by Gasteiger charge is -2.05. The Labute approximate surface area is 119 Å². The normalized spacial score (nSPS) is 14.5. The molecule has 2 aromatic rings. The number of halogens is 1. The molecule has 1 N–H and O–H groups in total. The number of thioether (sulfide) groups is 1. The van der Waals surface area contributed by atoms with E-state index in [2.05, 4.69) is 5.10 Å². The number of benzene rings is 1. The van der Waals surface area contributed by atoms with Crippen molar-refractivity contribution < 1.29 is 14.3 Å². The van der Waals surface area contributed by atoms with Gasteiger partial charge in [-0.05, 0) is 31.0 Å². The molecule has 20 heavy (non-hydrogen) atoms. The Kier molecular flexibility index (Phi) is 3.25. The third-order valence-corrected chi connectivity index (χ3v) is 4.53. The minimum atomic E-state index is -1.09. The number of nitrogens with zero attached hydrogens (tertiary/aromatic N) is 2. The number of rotatable bonds is 4. The van der Waals surface area contributed by atoms with Crippen molar-refractivity contribution in [3.63, 3.8) is 0 Å². The molecule has 1 aliphatic rings. The zero-order valence-electron chi connectivity index (χ0n) is 10.8. The quantitative estimate of drug-likeness (QED) is 0.940. The predicted molar refractivity (Wildman–Crippen MR) is 74.4 cm³/mol. The molecule has 0 saturated heterocycles. The smallest absolute Gasteiger partial charge is 0.356 e. The lowest BCUT2D eigenvalue weighted by molar-refractivity contribution is 0.0689. The lowest BCUT2D eigenvalue weighted by Crippen LogP contribution is -1.99. The van der Waals surface area contributed by atoms with Crippen LogP contribution in [-0.2, 0) is 7.05 Å². The Morgan fingerprint density at radius 3 is 2.75 bits per heavy atom. The molecule has 0 bridgehead atoms. The molecule has 1 heterocycles. The Balaban J connectivity index is 1.93. The summed E-state index contributed by atoms with van der Waals surface area (Å²) in [6.45, 7) is 0. The average molecular weight is 292 g/mol. The number of aryl methyl sites for hydroxylation is 1. The Morgan fingerprint density at radius 1 is 1.45 bits per heavy atom. The molecule has 0 radical (unpaired) electrons. The molecule has 0 amide bonds. The Morgan fingerprint density at radius 2 is 2.20 bits per heavy atom. The van der Waals surface area contributed by atoms with Gasteiger partial charge >= 0.3 is 5.97 Å². The second-order valence-electron chi connectivity index (χ2n) is 4.81. The highest BCUT2D eigenvalue weighted by Crippen LogP contribution is 2.40. The molecule has 104 valence electrons. The molecule has 6 heteroatoms. The van der Waals surface area contributed by atoms with Gasteiger partial charge < -0.3 is 5.11 Å². The molecule has 1 aliphatic carbocycles. The van der Waals surface area contributed by atoms with E-state index in [0.717, 1.165) is 12.8 Å². The minimum absolute atomic E-state index is 0.0423. The Bertz CT molecular complexity index is 680. The van der Waals surface area contributed by atoms with E-state index in [1.807, 2.05) is 0 Å². The van der Waals surface area contributed by atoms with Crippen molar-refractivity contribution in [1.29, 1.82) is 0 Å². The molecule has 0 unspecified atom stereocenters. The van der Waals surface area contributed by atoms with Crippen molar-refractivity contribution in [2.45, 2.75) is 23.0 Å². The zero-order chi connectivity index (χ0) is 14.3. The zero-order valence-corrected chi connectivity index (χ0v) is 11.7. The van der Waals surface area contributed by atoms with Crippen LogP contribution in [0, 0.1) is 5.82 Å². The highest BCUT2D eigenvalue weighted by molar-refractivity contribution is 8.00. The van der Waals surface area contributed by atoms with Crippen LogP contribution in [0.25, 0.3) is 11.3 Å². The molecule has 0 atom stereocenters.